The first-order valence-corrected chi connectivity index (χ1v) is 8.33. The van der Waals surface area contributed by atoms with E-state index in [9.17, 15) is 36.2 Å². The van der Waals surface area contributed by atoms with E-state index < -0.39 is 39.8 Å². The van der Waals surface area contributed by atoms with E-state index in [2.05, 4.69) is 4.98 Å². The number of carbonyl (C=O) groups is 1. The summed E-state index contributed by atoms with van der Waals surface area (Å²) in [6.07, 6.45) is -11.8. The van der Waals surface area contributed by atoms with Crippen molar-refractivity contribution in [2.45, 2.75) is 31.8 Å². The largest absolute Gasteiger partial charge is 0.431 e. The number of rotatable bonds is 4. The number of hydrogen-bond donors (Lipinski definition) is 1. The van der Waals surface area contributed by atoms with E-state index >= 15 is 0 Å². The molecule has 0 saturated heterocycles. The molecule has 2 aromatic rings. The molecule has 4 nitrogen and oxygen atoms in total. The standard InChI is InChI=1S/C16H14F6N2O2S/c1-9(2)12(25)24(10-6-4-3-5-7-10)13-23-8-11(27-13)14(26,15(17,18)19)16(20,21)22/h3-9,26H,1-2H3. The van der Waals surface area contributed by atoms with Gasteiger partial charge in [-0.2, -0.15) is 26.3 Å². The van der Waals surface area contributed by atoms with Crippen LogP contribution < -0.4 is 4.90 Å². The third kappa shape index (κ3) is 3.79. The second kappa shape index (κ2) is 7.12. The Morgan fingerprint density at radius 1 is 1.07 bits per heavy atom. The number of benzene rings is 1. The van der Waals surface area contributed by atoms with Gasteiger partial charge in [-0.15, -0.1) is 0 Å². The minimum absolute atomic E-state index is 0.0538. The summed E-state index contributed by atoms with van der Waals surface area (Å²) in [5.41, 5.74) is -4.86. The molecule has 1 heterocycles. The van der Waals surface area contributed by atoms with Crippen molar-refractivity contribution in [3.63, 3.8) is 0 Å². The number of hydrogen-bond acceptors (Lipinski definition) is 4. The molecule has 0 bridgehead atoms. The van der Waals surface area contributed by atoms with Crippen LogP contribution in [0.25, 0.3) is 0 Å². The van der Waals surface area contributed by atoms with Gasteiger partial charge in [0.15, 0.2) is 5.13 Å². The fraction of sp³-hybridized carbons (Fsp3) is 0.375. The Balaban J connectivity index is 2.60. The minimum atomic E-state index is -6.02. The van der Waals surface area contributed by atoms with Gasteiger partial charge in [0.1, 0.15) is 0 Å². The van der Waals surface area contributed by atoms with E-state index in [4.69, 9.17) is 0 Å². The summed E-state index contributed by atoms with van der Waals surface area (Å²) in [5.74, 6) is -1.19. The van der Waals surface area contributed by atoms with Crippen molar-refractivity contribution in [3.8, 4) is 0 Å². The Morgan fingerprint density at radius 3 is 2.04 bits per heavy atom. The molecule has 0 spiro atoms. The fourth-order valence-electron chi connectivity index (χ4n) is 2.14. The van der Waals surface area contributed by atoms with Gasteiger partial charge < -0.3 is 5.11 Å². The number of anilines is 2. The summed E-state index contributed by atoms with van der Waals surface area (Å²) in [6, 6.07) is 7.64. The first kappa shape index (κ1) is 21.2. The Labute approximate surface area is 154 Å². The number of halogens is 6. The lowest BCUT2D eigenvalue weighted by atomic mass is 10.0. The number of nitrogens with zero attached hydrogens (tertiary/aromatic N) is 2. The van der Waals surface area contributed by atoms with Gasteiger partial charge in [0.05, 0.1) is 10.6 Å². The van der Waals surface area contributed by atoms with E-state index in [0.29, 0.717) is 0 Å². The topological polar surface area (TPSA) is 53.4 Å². The average Bonchev–Trinajstić information content (AvgIpc) is 3.02. The SMILES string of the molecule is CC(C)C(=O)N(c1ccccc1)c1ncc(C(O)(C(F)(F)F)C(F)(F)F)s1. The van der Waals surface area contributed by atoms with Gasteiger partial charge >= 0.3 is 12.4 Å². The summed E-state index contributed by atoms with van der Waals surface area (Å²) in [6.45, 7) is 3.04. The Kier molecular flexibility index (Phi) is 5.58. The summed E-state index contributed by atoms with van der Waals surface area (Å²) in [7, 11) is 0. The number of amides is 1. The van der Waals surface area contributed by atoms with Gasteiger partial charge in [0, 0.05) is 12.1 Å². The van der Waals surface area contributed by atoms with E-state index in [1.807, 2.05) is 0 Å². The van der Waals surface area contributed by atoms with Crippen molar-refractivity contribution in [1.82, 2.24) is 4.98 Å². The third-order valence-electron chi connectivity index (χ3n) is 3.59. The van der Waals surface area contributed by atoms with E-state index in [1.54, 1.807) is 18.2 Å². The molecular formula is C16H14F6N2O2S. The molecule has 0 aliphatic heterocycles. The van der Waals surface area contributed by atoms with Crippen LogP contribution in [0.2, 0.25) is 0 Å². The smallest absolute Gasteiger partial charge is 0.369 e. The molecule has 0 unspecified atom stereocenters. The van der Waals surface area contributed by atoms with Gasteiger partial charge in [0.25, 0.3) is 5.60 Å². The quantitative estimate of drug-likeness (QED) is 0.736. The third-order valence-corrected chi connectivity index (χ3v) is 4.68. The second-order valence-corrected chi connectivity index (χ2v) is 6.89. The summed E-state index contributed by atoms with van der Waals surface area (Å²) in [4.78, 5) is 15.5. The van der Waals surface area contributed by atoms with E-state index in [0.717, 1.165) is 4.90 Å². The molecule has 27 heavy (non-hydrogen) atoms. The minimum Gasteiger partial charge on any atom is -0.369 e. The molecule has 1 aromatic heterocycles. The Morgan fingerprint density at radius 2 is 1.59 bits per heavy atom. The van der Waals surface area contributed by atoms with Crippen LogP contribution in [-0.4, -0.2) is 28.4 Å². The van der Waals surface area contributed by atoms with Crippen LogP contribution in [0.5, 0.6) is 0 Å². The second-order valence-electron chi connectivity index (χ2n) is 5.88. The highest BCUT2D eigenvalue weighted by Gasteiger charge is 2.72. The highest BCUT2D eigenvalue weighted by atomic mass is 32.1. The summed E-state index contributed by atoms with van der Waals surface area (Å²) >= 11 is -0.0538. The van der Waals surface area contributed by atoms with Gasteiger partial charge in [-0.1, -0.05) is 43.4 Å². The highest BCUT2D eigenvalue weighted by molar-refractivity contribution is 7.16. The van der Waals surface area contributed by atoms with E-state index in [1.165, 1.54) is 26.0 Å². The first-order chi connectivity index (χ1) is 12.3. The van der Waals surface area contributed by atoms with Crippen molar-refractivity contribution in [2.75, 3.05) is 4.90 Å². The number of carbonyl (C=O) groups excluding carboxylic acids is 1. The zero-order chi connectivity index (χ0) is 20.6. The van der Waals surface area contributed by atoms with Crippen LogP contribution in [0, 0.1) is 5.92 Å². The Bertz CT molecular complexity index is 787. The molecule has 0 fully saturated rings. The lowest BCUT2D eigenvalue weighted by Gasteiger charge is -2.31. The molecule has 0 aliphatic carbocycles. The molecule has 0 atom stereocenters. The van der Waals surface area contributed by atoms with Crippen LogP contribution >= 0.6 is 11.3 Å². The summed E-state index contributed by atoms with van der Waals surface area (Å²) < 4.78 is 78.2. The number of alkyl halides is 6. The van der Waals surface area contributed by atoms with Crippen LogP contribution in [0.15, 0.2) is 36.5 Å². The monoisotopic (exact) mass is 412 g/mol. The van der Waals surface area contributed by atoms with Gasteiger partial charge in [-0.25, -0.2) is 4.98 Å². The number of para-hydroxylation sites is 1. The maximum atomic E-state index is 13.0. The predicted octanol–water partition coefficient (Wildman–Crippen LogP) is 4.78. The molecule has 1 aromatic carbocycles. The lowest BCUT2D eigenvalue weighted by Crippen LogP contribution is -2.53. The van der Waals surface area contributed by atoms with Gasteiger partial charge in [0.2, 0.25) is 5.91 Å². The molecule has 0 saturated carbocycles. The van der Waals surface area contributed by atoms with Crippen LogP contribution in [0.4, 0.5) is 37.2 Å². The van der Waals surface area contributed by atoms with Crippen molar-refractivity contribution >= 4 is 28.1 Å². The molecular weight excluding hydrogens is 398 g/mol. The fourth-order valence-corrected chi connectivity index (χ4v) is 3.22. The molecule has 0 radical (unpaired) electrons. The first-order valence-electron chi connectivity index (χ1n) is 7.52. The van der Waals surface area contributed by atoms with Crippen LogP contribution in [0.1, 0.15) is 18.7 Å². The van der Waals surface area contributed by atoms with Crippen molar-refractivity contribution < 1.29 is 36.2 Å². The maximum Gasteiger partial charge on any atom is 0.431 e. The molecule has 1 amide bonds. The highest BCUT2D eigenvalue weighted by Crippen LogP contribution is 2.52. The normalized spacial score (nSPS) is 13.1. The predicted molar refractivity (Wildman–Crippen MR) is 86.5 cm³/mol. The van der Waals surface area contributed by atoms with E-state index in [-0.39, 0.29) is 23.2 Å². The lowest BCUT2D eigenvalue weighted by molar-refractivity contribution is -0.375. The molecule has 1 N–H and O–H groups in total. The van der Waals surface area contributed by atoms with Gasteiger partial charge in [-0.05, 0) is 12.1 Å². The molecule has 148 valence electrons. The zero-order valence-electron chi connectivity index (χ0n) is 14.0. The molecule has 2 rings (SSSR count). The zero-order valence-corrected chi connectivity index (χ0v) is 14.8. The van der Waals surface area contributed by atoms with Crippen LogP contribution in [-0.2, 0) is 10.4 Å². The van der Waals surface area contributed by atoms with Crippen molar-refractivity contribution in [2.24, 2.45) is 5.92 Å². The van der Waals surface area contributed by atoms with Crippen LogP contribution in [0.3, 0.4) is 0 Å². The van der Waals surface area contributed by atoms with Gasteiger partial charge in [-0.3, -0.25) is 9.69 Å². The number of aliphatic hydroxyl groups is 1. The van der Waals surface area contributed by atoms with Crippen molar-refractivity contribution in [3.05, 3.63) is 41.4 Å². The maximum absolute atomic E-state index is 13.0. The Hall–Kier alpha value is -2.14. The average molecular weight is 412 g/mol. The molecule has 0 aliphatic rings. The molecule has 11 heteroatoms. The number of aromatic nitrogens is 1. The number of thiazole rings is 1. The summed E-state index contributed by atoms with van der Waals surface area (Å²) in [5, 5.41) is 9.07. The van der Waals surface area contributed by atoms with Crippen molar-refractivity contribution in [1.29, 1.82) is 0 Å².